The second-order valence-corrected chi connectivity index (χ2v) is 4.26. The Labute approximate surface area is 131 Å². The van der Waals surface area contributed by atoms with E-state index >= 15 is 0 Å². The van der Waals surface area contributed by atoms with Crippen molar-refractivity contribution in [2.75, 3.05) is 12.3 Å². The summed E-state index contributed by atoms with van der Waals surface area (Å²) in [5.74, 6) is 1.00. The number of anilines is 1. The van der Waals surface area contributed by atoms with Gasteiger partial charge in [-0.3, -0.25) is 0 Å². The molecule has 120 valence electrons. The fourth-order valence-electron chi connectivity index (χ4n) is 1.43. The highest BCUT2D eigenvalue weighted by molar-refractivity contribution is 5.42. The SMILES string of the molecule is C=O.CCCCOc1ccccc1O.Nc1cccc(O)c1. The highest BCUT2D eigenvalue weighted by Gasteiger charge is 1.98. The van der Waals surface area contributed by atoms with Crippen LogP contribution in [0.5, 0.6) is 17.2 Å². The first-order valence-electron chi connectivity index (χ1n) is 6.87. The van der Waals surface area contributed by atoms with E-state index in [1.165, 1.54) is 6.07 Å². The van der Waals surface area contributed by atoms with Crippen molar-refractivity contribution in [3.63, 3.8) is 0 Å². The lowest BCUT2D eigenvalue weighted by Crippen LogP contribution is -1.96. The van der Waals surface area contributed by atoms with Crippen LogP contribution in [0.4, 0.5) is 5.69 Å². The summed E-state index contributed by atoms with van der Waals surface area (Å²) in [4.78, 5) is 8.00. The van der Waals surface area contributed by atoms with Crippen molar-refractivity contribution in [2.45, 2.75) is 19.8 Å². The summed E-state index contributed by atoms with van der Waals surface area (Å²) in [5, 5.41) is 18.0. The molecule has 5 nitrogen and oxygen atoms in total. The number of para-hydroxylation sites is 2. The van der Waals surface area contributed by atoms with Crippen molar-refractivity contribution in [3.8, 4) is 17.2 Å². The number of rotatable bonds is 4. The van der Waals surface area contributed by atoms with Gasteiger partial charge in [0.2, 0.25) is 0 Å². The highest BCUT2D eigenvalue weighted by atomic mass is 16.5. The maximum absolute atomic E-state index is 9.28. The fourth-order valence-corrected chi connectivity index (χ4v) is 1.43. The Bertz CT molecular complexity index is 514. The van der Waals surface area contributed by atoms with Gasteiger partial charge in [-0.15, -0.1) is 0 Å². The topological polar surface area (TPSA) is 92.8 Å². The van der Waals surface area contributed by atoms with Gasteiger partial charge in [0.25, 0.3) is 0 Å². The molecule has 0 spiro atoms. The lowest BCUT2D eigenvalue weighted by atomic mass is 10.3. The van der Waals surface area contributed by atoms with Crippen molar-refractivity contribution in [1.29, 1.82) is 0 Å². The van der Waals surface area contributed by atoms with E-state index in [0.717, 1.165) is 12.8 Å². The Morgan fingerprint density at radius 3 is 2.27 bits per heavy atom. The summed E-state index contributed by atoms with van der Waals surface area (Å²) in [7, 11) is 0. The number of unbranched alkanes of at least 4 members (excludes halogenated alkanes) is 1. The van der Waals surface area contributed by atoms with Gasteiger partial charge in [0.15, 0.2) is 11.5 Å². The second kappa shape index (κ2) is 12.1. The quantitative estimate of drug-likeness (QED) is 0.595. The van der Waals surface area contributed by atoms with E-state index in [9.17, 15) is 5.11 Å². The summed E-state index contributed by atoms with van der Waals surface area (Å²) in [6.45, 7) is 4.78. The van der Waals surface area contributed by atoms with Gasteiger partial charge < -0.3 is 25.5 Å². The maximum Gasteiger partial charge on any atom is 0.160 e. The molecule has 4 N–H and O–H groups in total. The van der Waals surface area contributed by atoms with Crippen molar-refractivity contribution < 1.29 is 19.7 Å². The number of carbonyl (C=O) groups excluding carboxylic acids is 1. The molecule has 22 heavy (non-hydrogen) atoms. The lowest BCUT2D eigenvalue weighted by molar-refractivity contribution is -0.0979. The summed E-state index contributed by atoms with van der Waals surface area (Å²) in [6.07, 6.45) is 2.13. The van der Waals surface area contributed by atoms with E-state index < -0.39 is 0 Å². The zero-order valence-electron chi connectivity index (χ0n) is 12.7. The number of carbonyl (C=O) groups is 1. The van der Waals surface area contributed by atoms with Gasteiger partial charge in [-0.1, -0.05) is 31.5 Å². The molecular formula is C17H23NO4. The molecule has 5 heteroatoms. The van der Waals surface area contributed by atoms with Crippen LogP contribution in [0, 0.1) is 0 Å². The van der Waals surface area contributed by atoms with Crippen LogP contribution < -0.4 is 10.5 Å². The molecule has 0 aliphatic rings. The number of phenols is 2. The van der Waals surface area contributed by atoms with E-state index in [1.54, 1.807) is 36.4 Å². The van der Waals surface area contributed by atoms with Crippen molar-refractivity contribution in [3.05, 3.63) is 48.5 Å². The molecule has 2 aromatic carbocycles. The standard InChI is InChI=1S/C10H14O2.C6H7NO.CH2O/c1-2-3-8-12-10-7-5-4-6-9(10)11;7-5-2-1-3-6(8)4-5;1-2/h4-7,11H,2-3,8H2,1H3;1-4,8H,7H2;1H2. The lowest BCUT2D eigenvalue weighted by Gasteiger charge is -2.05. The van der Waals surface area contributed by atoms with E-state index in [4.69, 9.17) is 20.4 Å². The smallest absolute Gasteiger partial charge is 0.160 e. The minimum Gasteiger partial charge on any atom is -0.508 e. The maximum atomic E-state index is 9.28. The van der Waals surface area contributed by atoms with Gasteiger partial charge in [0.05, 0.1) is 6.61 Å². The normalized spacial score (nSPS) is 8.77. The first-order chi connectivity index (χ1) is 10.6. The highest BCUT2D eigenvalue weighted by Crippen LogP contribution is 2.24. The minimum absolute atomic E-state index is 0.213. The third-order valence-corrected chi connectivity index (χ3v) is 2.49. The van der Waals surface area contributed by atoms with Crippen LogP contribution >= 0.6 is 0 Å². The average molecular weight is 305 g/mol. The largest absolute Gasteiger partial charge is 0.508 e. The number of nitrogen functional groups attached to an aromatic ring is 1. The number of hydrogen-bond acceptors (Lipinski definition) is 5. The number of nitrogens with two attached hydrogens (primary N) is 1. The summed E-state index contributed by atoms with van der Waals surface area (Å²) < 4.78 is 5.33. The molecule has 0 amide bonds. The van der Waals surface area contributed by atoms with Crippen molar-refractivity contribution in [2.24, 2.45) is 0 Å². The number of benzene rings is 2. The monoisotopic (exact) mass is 305 g/mol. The summed E-state index contributed by atoms with van der Waals surface area (Å²) >= 11 is 0. The van der Waals surface area contributed by atoms with Crippen LogP contribution in [0.15, 0.2) is 48.5 Å². The van der Waals surface area contributed by atoms with Gasteiger partial charge in [-0.2, -0.15) is 0 Å². The van der Waals surface area contributed by atoms with E-state index in [0.29, 0.717) is 18.0 Å². The second-order valence-electron chi connectivity index (χ2n) is 4.26. The molecule has 0 heterocycles. The average Bonchev–Trinajstić information content (AvgIpc) is 2.52. The van der Waals surface area contributed by atoms with Crippen LogP contribution in [0.2, 0.25) is 0 Å². The number of ether oxygens (including phenoxy) is 1. The molecule has 0 aromatic heterocycles. The predicted octanol–water partition coefficient (Wildman–Crippen LogP) is 3.36. The Balaban J connectivity index is 0.000000382. The van der Waals surface area contributed by atoms with Gasteiger partial charge in [0.1, 0.15) is 12.5 Å². The molecular weight excluding hydrogens is 282 g/mol. The molecule has 0 fully saturated rings. The van der Waals surface area contributed by atoms with Gasteiger partial charge in [0, 0.05) is 11.8 Å². The summed E-state index contributed by atoms with van der Waals surface area (Å²) in [5.41, 5.74) is 5.89. The van der Waals surface area contributed by atoms with Crippen LogP contribution in [0.1, 0.15) is 19.8 Å². The van der Waals surface area contributed by atoms with Gasteiger partial charge in [-0.05, 0) is 30.7 Å². The Morgan fingerprint density at radius 2 is 1.77 bits per heavy atom. The molecule has 2 aromatic rings. The molecule has 0 bridgehead atoms. The Hall–Kier alpha value is -2.69. The first-order valence-corrected chi connectivity index (χ1v) is 6.87. The Kier molecular flexibility index (Phi) is 10.6. The van der Waals surface area contributed by atoms with Crippen LogP contribution in [-0.4, -0.2) is 23.6 Å². The number of phenolic OH excluding ortho intramolecular Hbond substituents is 2. The fraction of sp³-hybridized carbons (Fsp3) is 0.235. The molecule has 0 saturated carbocycles. The van der Waals surface area contributed by atoms with Gasteiger partial charge in [-0.25, -0.2) is 0 Å². The molecule has 0 atom stereocenters. The predicted molar refractivity (Wildman–Crippen MR) is 88.2 cm³/mol. The molecule has 0 radical (unpaired) electrons. The summed E-state index contributed by atoms with van der Waals surface area (Å²) in [6, 6.07) is 13.5. The minimum atomic E-state index is 0.213. The third kappa shape index (κ3) is 8.47. The molecule has 0 unspecified atom stereocenters. The zero-order valence-corrected chi connectivity index (χ0v) is 12.7. The van der Waals surface area contributed by atoms with Crippen molar-refractivity contribution in [1.82, 2.24) is 0 Å². The van der Waals surface area contributed by atoms with E-state index in [-0.39, 0.29) is 11.5 Å². The van der Waals surface area contributed by atoms with Gasteiger partial charge >= 0.3 is 0 Å². The van der Waals surface area contributed by atoms with E-state index in [1.807, 2.05) is 12.9 Å². The van der Waals surface area contributed by atoms with Crippen LogP contribution in [0.25, 0.3) is 0 Å². The Morgan fingerprint density at radius 1 is 1.09 bits per heavy atom. The first kappa shape index (κ1) is 19.3. The van der Waals surface area contributed by atoms with Crippen molar-refractivity contribution >= 4 is 12.5 Å². The zero-order chi connectivity index (χ0) is 16.8. The molecule has 0 saturated heterocycles. The molecule has 0 aliphatic carbocycles. The molecule has 0 aliphatic heterocycles. The number of aromatic hydroxyl groups is 2. The third-order valence-electron chi connectivity index (χ3n) is 2.49. The number of hydrogen-bond donors (Lipinski definition) is 3. The molecule has 2 rings (SSSR count). The van der Waals surface area contributed by atoms with Crippen LogP contribution in [0.3, 0.4) is 0 Å². The van der Waals surface area contributed by atoms with Crippen LogP contribution in [-0.2, 0) is 4.79 Å². The van der Waals surface area contributed by atoms with E-state index in [2.05, 4.69) is 6.92 Å².